The van der Waals surface area contributed by atoms with Crippen LogP contribution < -0.4 is 14.8 Å². The molecule has 0 aromatic heterocycles. The van der Waals surface area contributed by atoms with Gasteiger partial charge in [0.15, 0.2) is 6.10 Å². The third-order valence-corrected chi connectivity index (χ3v) is 5.13. The Hall–Kier alpha value is -3.02. The molecular weight excluding hydrogens is 356 g/mol. The number of anilines is 1. The van der Waals surface area contributed by atoms with Crippen LogP contribution in [0.5, 0.6) is 11.5 Å². The molecule has 1 fully saturated rings. The maximum absolute atomic E-state index is 12.5. The number of fused-ring (bicyclic) bond motifs is 1. The highest BCUT2D eigenvalue weighted by Gasteiger charge is 2.37. The number of carbonyl (C=O) groups excluding carboxylic acids is 2. The highest BCUT2D eigenvalue weighted by molar-refractivity contribution is 5.92. The summed E-state index contributed by atoms with van der Waals surface area (Å²) in [5.41, 5.74) is 2.54. The van der Waals surface area contributed by atoms with Gasteiger partial charge in [-0.2, -0.15) is 0 Å². The number of hydrogen-bond acceptors (Lipinski definition) is 4. The number of benzene rings is 2. The molecule has 6 heteroatoms. The van der Waals surface area contributed by atoms with Crippen molar-refractivity contribution in [1.29, 1.82) is 0 Å². The fraction of sp³-hybridized carbons (Fsp3) is 0.364. The van der Waals surface area contributed by atoms with Crippen molar-refractivity contribution in [3.05, 3.63) is 53.6 Å². The molecule has 0 unspecified atom stereocenters. The van der Waals surface area contributed by atoms with Gasteiger partial charge in [0, 0.05) is 23.8 Å². The summed E-state index contributed by atoms with van der Waals surface area (Å²) in [5, 5.41) is 2.94. The van der Waals surface area contributed by atoms with E-state index >= 15 is 0 Å². The van der Waals surface area contributed by atoms with Crippen molar-refractivity contribution in [1.82, 2.24) is 4.90 Å². The third kappa shape index (κ3) is 3.96. The second-order valence-corrected chi connectivity index (χ2v) is 7.35. The van der Waals surface area contributed by atoms with E-state index < -0.39 is 6.10 Å². The van der Waals surface area contributed by atoms with Gasteiger partial charge in [0.25, 0.3) is 5.91 Å². The summed E-state index contributed by atoms with van der Waals surface area (Å²) in [5.74, 6) is 1.41. The molecule has 1 aliphatic carbocycles. The van der Waals surface area contributed by atoms with Gasteiger partial charge in [-0.1, -0.05) is 12.1 Å². The van der Waals surface area contributed by atoms with Crippen LogP contribution in [0.2, 0.25) is 0 Å². The summed E-state index contributed by atoms with van der Waals surface area (Å²) in [4.78, 5) is 26.9. The predicted octanol–water partition coefficient (Wildman–Crippen LogP) is 3.15. The van der Waals surface area contributed by atoms with E-state index in [1.165, 1.54) is 0 Å². The average Bonchev–Trinajstić information content (AvgIpc) is 3.53. The summed E-state index contributed by atoms with van der Waals surface area (Å²) in [7, 11) is 1.61. The lowest BCUT2D eigenvalue weighted by Gasteiger charge is -2.21. The van der Waals surface area contributed by atoms with E-state index in [0.29, 0.717) is 24.0 Å². The zero-order chi connectivity index (χ0) is 19.7. The van der Waals surface area contributed by atoms with Crippen molar-refractivity contribution in [2.24, 2.45) is 0 Å². The third-order valence-electron chi connectivity index (χ3n) is 5.13. The molecule has 2 aromatic carbocycles. The Morgan fingerprint density at radius 3 is 2.64 bits per heavy atom. The van der Waals surface area contributed by atoms with Crippen molar-refractivity contribution in [3.8, 4) is 11.5 Å². The van der Waals surface area contributed by atoms with Crippen molar-refractivity contribution in [3.63, 3.8) is 0 Å². The van der Waals surface area contributed by atoms with Crippen molar-refractivity contribution in [2.45, 2.75) is 44.9 Å². The van der Waals surface area contributed by atoms with E-state index in [-0.39, 0.29) is 18.2 Å². The predicted molar refractivity (Wildman–Crippen MR) is 105 cm³/mol. The normalized spacial score (nSPS) is 18.7. The Labute approximate surface area is 164 Å². The zero-order valence-corrected chi connectivity index (χ0v) is 16.1. The fourth-order valence-electron chi connectivity index (χ4n) is 3.46. The van der Waals surface area contributed by atoms with Crippen LogP contribution in [-0.4, -0.2) is 36.0 Å². The number of nitrogens with zero attached hydrogens (tertiary/aromatic N) is 1. The van der Waals surface area contributed by atoms with Gasteiger partial charge in [0.2, 0.25) is 5.91 Å². The molecule has 146 valence electrons. The van der Waals surface area contributed by atoms with E-state index in [1.54, 1.807) is 14.0 Å². The number of hydrogen-bond donors (Lipinski definition) is 1. The molecule has 1 atom stereocenters. The number of nitrogens with one attached hydrogen (secondary N) is 1. The van der Waals surface area contributed by atoms with Crippen LogP contribution in [0.25, 0.3) is 0 Å². The lowest BCUT2D eigenvalue weighted by molar-refractivity contribution is -0.138. The summed E-state index contributed by atoms with van der Waals surface area (Å²) < 4.78 is 11.0. The van der Waals surface area contributed by atoms with Gasteiger partial charge in [-0.25, -0.2) is 0 Å². The van der Waals surface area contributed by atoms with Crippen LogP contribution in [0.3, 0.4) is 0 Å². The molecule has 4 rings (SSSR count). The number of ether oxygens (including phenoxy) is 2. The first-order valence-corrected chi connectivity index (χ1v) is 9.56. The standard InChI is InChI=1S/C22H24N2O4/c1-14-22(26)24(18-6-7-18)13-16-12-17(5-10-20(16)28-14)23-21(25)11-15-3-8-19(27-2)9-4-15/h3-5,8-10,12,14,18H,6-7,11,13H2,1-2H3,(H,23,25)/t14-/m0/s1. The maximum atomic E-state index is 12.5. The highest BCUT2D eigenvalue weighted by atomic mass is 16.5. The smallest absolute Gasteiger partial charge is 0.263 e. The van der Waals surface area contributed by atoms with E-state index in [0.717, 1.165) is 29.7 Å². The molecule has 6 nitrogen and oxygen atoms in total. The minimum absolute atomic E-state index is 0.0313. The van der Waals surface area contributed by atoms with Gasteiger partial charge in [0.05, 0.1) is 13.5 Å². The molecule has 0 bridgehead atoms. The minimum atomic E-state index is -0.489. The molecular formula is C22H24N2O4. The van der Waals surface area contributed by atoms with E-state index in [1.807, 2.05) is 47.4 Å². The van der Waals surface area contributed by atoms with Crippen molar-refractivity contribution >= 4 is 17.5 Å². The average molecular weight is 380 g/mol. The number of rotatable bonds is 5. The molecule has 1 heterocycles. The molecule has 2 aliphatic rings. The van der Waals surface area contributed by atoms with Crippen LogP contribution in [0.15, 0.2) is 42.5 Å². The lowest BCUT2D eigenvalue weighted by Crippen LogP contribution is -2.39. The van der Waals surface area contributed by atoms with Crippen LogP contribution in [0, 0.1) is 0 Å². The molecule has 2 aromatic rings. The molecule has 0 spiro atoms. The minimum Gasteiger partial charge on any atom is -0.497 e. The number of amides is 2. The van der Waals surface area contributed by atoms with Crippen LogP contribution in [-0.2, 0) is 22.6 Å². The van der Waals surface area contributed by atoms with Gasteiger partial charge >= 0.3 is 0 Å². The summed E-state index contributed by atoms with van der Waals surface area (Å²) in [6.07, 6.45) is 1.89. The van der Waals surface area contributed by atoms with Gasteiger partial charge in [0.1, 0.15) is 11.5 Å². The van der Waals surface area contributed by atoms with Gasteiger partial charge in [-0.3, -0.25) is 9.59 Å². The topological polar surface area (TPSA) is 67.9 Å². The molecule has 0 radical (unpaired) electrons. The Bertz CT molecular complexity index is 890. The molecule has 0 saturated heterocycles. The van der Waals surface area contributed by atoms with Crippen molar-refractivity contribution < 1.29 is 19.1 Å². The monoisotopic (exact) mass is 380 g/mol. The lowest BCUT2D eigenvalue weighted by atomic mass is 10.1. The van der Waals surface area contributed by atoms with E-state index in [9.17, 15) is 9.59 Å². The summed E-state index contributed by atoms with van der Waals surface area (Å²) >= 11 is 0. The number of methoxy groups -OCH3 is 1. The molecule has 28 heavy (non-hydrogen) atoms. The number of carbonyl (C=O) groups is 2. The first-order valence-electron chi connectivity index (χ1n) is 9.56. The fourth-order valence-corrected chi connectivity index (χ4v) is 3.46. The SMILES string of the molecule is COc1ccc(CC(=O)Nc2ccc3c(c2)CN(C2CC2)C(=O)[C@H](C)O3)cc1. The van der Waals surface area contributed by atoms with Crippen LogP contribution in [0.1, 0.15) is 30.9 Å². The largest absolute Gasteiger partial charge is 0.497 e. The first kappa shape index (κ1) is 18.3. The van der Waals surface area contributed by atoms with E-state index in [2.05, 4.69) is 5.32 Å². The summed E-state index contributed by atoms with van der Waals surface area (Å²) in [6, 6.07) is 13.3. The van der Waals surface area contributed by atoms with Crippen LogP contribution >= 0.6 is 0 Å². The Morgan fingerprint density at radius 2 is 1.96 bits per heavy atom. The zero-order valence-electron chi connectivity index (χ0n) is 16.1. The highest BCUT2D eigenvalue weighted by Crippen LogP contribution is 2.35. The second kappa shape index (κ2) is 7.54. The second-order valence-electron chi connectivity index (χ2n) is 7.35. The van der Waals surface area contributed by atoms with Gasteiger partial charge in [-0.15, -0.1) is 0 Å². The first-order chi connectivity index (χ1) is 13.5. The molecule has 1 saturated carbocycles. The van der Waals surface area contributed by atoms with Crippen LogP contribution in [0.4, 0.5) is 5.69 Å². The Kier molecular flexibility index (Phi) is 4.94. The van der Waals surface area contributed by atoms with Gasteiger partial charge < -0.3 is 19.7 Å². The quantitative estimate of drug-likeness (QED) is 0.865. The Balaban J connectivity index is 1.46. The van der Waals surface area contributed by atoms with Gasteiger partial charge in [-0.05, 0) is 55.7 Å². The summed E-state index contributed by atoms with van der Waals surface area (Å²) in [6.45, 7) is 2.31. The maximum Gasteiger partial charge on any atom is 0.263 e. The molecule has 1 N–H and O–H groups in total. The van der Waals surface area contributed by atoms with E-state index in [4.69, 9.17) is 9.47 Å². The Morgan fingerprint density at radius 1 is 1.21 bits per heavy atom. The molecule has 1 aliphatic heterocycles. The van der Waals surface area contributed by atoms with Crippen molar-refractivity contribution in [2.75, 3.05) is 12.4 Å². The molecule has 2 amide bonds.